The highest BCUT2D eigenvalue weighted by Crippen LogP contribution is 2.00. The zero-order valence-corrected chi connectivity index (χ0v) is 13.7. The molecule has 1 rings (SSSR count). The van der Waals surface area contributed by atoms with Crippen molar-refractivity contribution in [3.63, 3.8) is 0 Å². The van der Waals surface area contributed by atoms with E-state index >= 15 is 0 Å². The van der Waals surface area contributed by atoms with Crippen LogP contribution in [0, 0.1) is 0 Å². The molecule has 0 aromatic carbocycles. The number of nitrogens with one attached hydrogen (secondary N) is 3. The smallest absolute Gasteiger partial charge is 0.303 e. The van der Waals surface area contributed by atoms with Crippen LogP contribution in [0.1, 0.15) is 25.5 Å². The van der Waals surface area contributed by atoms with Crippen molar-refractivity contribution in [2.24, 2.45) is 11.5 Å². The van der Waals surface area contributed by atoms with Crippen LogP contribution >= 0.6 is 0 Å². The topological polar surface area (TPSA) is 193 Å². The predicted octanol–water partition coefficient (Wildman–Crippen LogP) is -2.38. The van der Waals surface area contributed by atoms with Crippen molar-refractivity contribution in [1.29, 1.82) is 0 Å². The molecule has 0 spiro atoms. The Labute approximate surface area is 143 Å². The molecule has 0 radical (unpaired) electrons. The van der Waals surface area contributed by atoms with E-state index in [9.17, 15) is 19.2 Å². The number of hydrogen-bond acceptors (Lipinski definition) is 6. The summed E-state index contributed by atoms with van der Waals surface area (Å²) in [5.74, 6) is -3.20. The van der Waals surface area contributed by atoms with Crippen molar-refractivity contribution < 1.29 is 24.3 Å². The maximum atomic E-state index is 12.0. The molecular weight excluding hydrogens is 332 g/mol. The standard InChI is InChI=1S/C14H22N6O5/c1-7(13(24)20-10(12(16)23)2-3-11(21)22)19-14(25)9(15)4-8-5-17-6-18-8/h5-7,9-10H,2-4,15H2,1H3,(H2,16,23)(H,17,18)(H,19,25)(H,20,24)(H,21,22). The molecule has 0 saturated carbocycles. The Morgan fingerprint density at radius 3 is 2.48 bits per heavy atom. The van der Waals surface area contributed by atoms with E-state index in [4.69, 9.17) is 16.6 Å². The summed E-state index contributed by atoms with van der Waals surface area (Å²) >= 11 is 0. The first kappa shape index (κ1) is 20.1. The Bertz CT molecular complexity index is 617. The van der Waals surface area contributed by atoms with E-state index in [-0.39, 0.29) is 19.3 Å². The van der Waals surface area contributed by atoms with Gasteiger partial charge >= 0.3 is 5.97 Å². The first-order valence-electron chi connectivity index (χ1n) is 7.55. The summed E-state index contributed by atoms with van der Waals surface area (Å²) in [4.78, 5) is 52.5. The number of nitrogens with two attached hydrogens (primary N) is 2. The number of H-pyrrole nitrogens is 1. The van der Waals surface area contributed by atoms with Gasteiger partial charge in [-0.25, -0.2) is 4.98 Å². The van der Waals surface area contributed by atoms with E-state index in [2.05, 4.69) is 20.6 Å². The largest absolute Gasteiger partial charge is 0.481 e. The van der Waals surface area contributed by atoms with E-state index in [0.29, 0.717) is 5.69 Å². The van der Waals surface area contributed by atoms with Gasteiger partial charge in [-0.05, 0) is 13.3 Å². The third kappa shape index (κ3) is 6.99. The second kappa shape index (κ2) is 9.37. The predicted molar refractivity (Wildman–Crippen MR) is 85.9 cm³/mol. The SMILES string of the molecule is CC(NC(=O)C(N)Cc1cnc[nH]1)C(=O)NC(CCC(=O)O)C(N)=O. The summed E-state index contributed by atoms with van der Waals surface area (Å²) in [5, 5.41) is 13.4. The Kier molecular flexibility index (Phi) is 7.53. The van der Waals surface area contributed by atoms with Crippen LogP contribution in [-0.4, -0.2) is 56.9 Å². The van der Waals surface area contributed by atoms with E-state index < -0.39 is 41.8 Å². The normalized spacial score (nSPS) is 14.2. The number of imidazole rings is 1. The lowest BCUT2D eigenvalue weighted by Crippen LogP contribution is -2.54. The van der Waals surface area contributed by atoms with Gasteiger partial charge in [0.2, 0.25) is 17.7 Å². The molecule has 1 aromatic rings. The molecule has 0 aliphatic heterocycles. The molecule has 138 valence electrons. The van der Waals surface area contributed by atoms with Crippen LogP contribution in [0.25, 0.3) is 0 Å². The molecule has 0 bridgehead atoms. The molecule has 11 nitrogen and oxygen atoms in total. The molecular formula is C14H22N6O5. The summed E-state index contributed by atoms with van der Waals surface area (Å²) in [5.41, 5.74) is 11.6. The van der Waals surface area contributed by atoms with Crippen molar-refractivity contribution in [1.82, 2.24) is 20.6 Å². The molecule has 3 atom stereocenters. The van der Waals surface area contributed by atoms with Gasteiger partial charge < -0.3 is 32.2 Å². The third-order valence-electron chi connectivity index (χ3n) is 3.39. The number of aromatic amines is 1. The molecule has 3 unspecified atom stereocenters. The van der Waals surface area contributed by atoms with Crippen molar-refractivity contribution in [2.45, 2.75) is 44.3 Å². The van der Waals surface area contributed by atoms with Gasteiger partial charge in [-0.1, -0.05) is 0 Å². The number of hydrogen-bond donors (Lipinski definition) is 6. The van der Waals surface area contributed by atoms with Crippen molar-refractivity contribution in [3.8, 4) is 0 Å². The van der Waals surface area contributed by atoms with Crippen LogP contribution < -0.4 is 22.1 Å². The van der Waals surface area contributed by atoms with Gasteiger partial charge in [-0.2, -0.15) is 0 Å². The highest BCUT2D eigenvalue weighted by atomic mass is 16.4. The number of carbonyl (C=O) groups is 4. The lowest BCUT2D eigenvalue weighted by molar-refractivity contribution is -0.137. The van der Waals surface area contributed by atoms with E-state index in [0.717, 1.165) is 0 Å². The van der Waals surface area contributed by atoms with Crippen LogP contribution in [0.3, 0.4) is 0 Å². The molecule has 0 aliphatic rings. The first-order chi connectivity index (χ1) is 11.7. The molecule has 1 heterocycles. The van der Waals surface area contributed by atoms with Crippen LogP contribution in [-0.2, 0) is 25.6 Å². The molecule has 8 N–H and O–H groups in total. The fourth-order valence-corrected chi connectivity index (χ4v) is 1.96. The average molecular weight is 354 g/mol. The summed E-state index contributed by atoms with van der Waals surface area (Å²) in [6.07, 6.45) is 2.73. The number of aromatic nitrogens is 2. The van der Waals surface area contributed by atoms with E-state index in [1.165, 1.54) is 19.4 Å². The number of amides is 3. The van der Waals surface area contributed by atoms with Crippen LogP contribution in [0.2, 0.25) is 0 Å². The maximum absolute atomic E-state index is 12.0. The lowest BCUT2D eigenvalue weighted by atomic mass is 10.1. The molecule has 0 aliphatic carbocycles. The zero-order valence-electron chi connectivity index (χ0n) is 13.7. The Morgan fingerprint density at radius 2 is 1.96 bits per heavy atom. The number of carbonyl (C=O) groups excluding carboxylic acids is 3. The second-order valence-electron chi connectivity index (χ2n) is 5.51. The second-order valence-corrected chi connectivity index (χ2v) is 5.51. The number of aliphatic carboxylic acids is 1. The minimum atomic E-state index is -1.14. The van der Waals surface area contributed by atoms with Crippen LogP contribution in [0.4, 0.5) is 0 Å². The zero-order chi connectivity index (χ0) is 19.0. The van der Waals surface area contributed by atoms with Gasteiger partial charge in [-0.3, -0.25) is 19.2 Å². The molecule has 0 fully saturated rings. The van der Waals surface area contributed by atoms with Gasteiger partial charge in [0.1, 0.15) is 12.1 Å². The number of primary amides is 1. The Morgan fingerprint density at radius 1 is 1.28 bits per heavy atom. The lowest BCUT2D eigenvalue weighted by Gasteiger charge is -2.20. The summed E-state index contributed by atoms with van der Waals surface area (Å²) in [6.45, 7) is 1.41. The average Bonchev–Trinajstić information content (AvgIpc) is 3.03. The fraction of sp³-hybridized carbons (Fsp3) is 0.500. The highest BCUT2D eigenvalue weighted by Gasteiger charge is 2.25. The van der Waals surface area contributed by atoms with Gasteiger partial charge in [0.05, 0.1) is 12.4 Å². The molecule has 0 saturated heterocycles. The quantitative estimate of drug-likeness (QED) is 0.270. The molecule has 1 aromatic heterocycles. The van der Waals surface area contributed by atoms with E-state index in [1.807, 2.05) is 0 Å². The highest BCUT2D eigenvalue weighted by molar-refractivity contribution is 5.92. The van der Waals surface area contributed by atoms with Crippen LogP contribution in [0.15, 0.2) is 12.5 Å². The van der Waals surface area contributed by atoms with Crippen molar-refractivity contribution in [2.75, 3.05) is 0 Å². The van der Waals surface area contributed by atoms with Crippen molar-refractivity contribution >= 4 is 23.7 Å². The van der Waals surface area contributed by atoms with E-state index in [1.54, 1.807) is 0 Å². The maximum Gasteiger partial charge on any atom is 0.303 e. The number of nitrogens with zero attached hydrogens (tertiary/aromatic N) is 1. The van der Waals surface area contributed by atoms with Crippen LogP contribution in [0.5, 0.6) is 0 Å². The number of carboxylic acids is 1. The molecule has 25 heavy (non-hydrogen) atoms. The van der Waals surface area contributed by atoms with Crippen molar-refractivity contribution in [3.05, 3.63) is 18.2 Å². The number of carboxylic acid groups (broad SMARTS) is 1. The summed E-state index contributed by atoms with van der Waals surface area (Å²) in [6, 6.07) is -3.01. The molecule has 3 amide bonds. The number of rotatable bonds is 10. The Hall–Kier alpha value is -2.95. The monoisotopic (exact) mass is 354 g/mol. The van der Waals surface area contributed by atoms with Gasteiger partial charge in [0.15, 0.2) is 0 Å². The third-order valence-corrected chi connectivity index (χ3v) is 3.39. The summed E-state index contributed by atoms with van der Waals surface area (Å²) in [7, 11) is 0. The minimum absolute atomic E-state index is 0.142. The summed E-state index contributed by atoms with van der Waals surface area (Å²) < 4.78 is 0. The van der Waals surface area contributed by atoms with Gasteiger partial charge in [0.25, 0.3) is 0 Å². The molecule has 11 heteroatoms. The minimum Gasteiger partial charge on any atom is -0.481 e. The van der Waals surface area contributed by atoms with Gasteiger partial charge in [0, 0.05) is 24.7 Å². The fourth-order valence-electron chi connectivity index (χ4n) is 1.96. The Balaban J connectivity index is 2.52. The first-order valence-corrected chi connectivity index (χ1v) is 7.55. The van der Waals surface area contributed by atoms with Gasteiger partial charge in [-0.15, -0.1) is 0 Å².